The molecule has 176 valence electrons. The zero-order valence-electron chi connectivity index (χ0n) is 18.9. The molecule has 0 aliphatic heterocycles. The molecule has 0 radical (unpaired) electrons. The molecule has 0 aliphatic rings. The molecule has 8 nitrogen and oxygen atoms in total. The number of anilines is 1. The summed E-state index contributed by atoms with van der Waals surface area (Å²) < 4.78 is 5.61. The van der Waals surface area contributed by atoms with Crippen LogP contribution in [0.2, 0.25) is 0 Å². The van der Waals surface area contributed by atoms with Gasteiger partial charge in [0.1, 0.15) is 5.75 Å². The number of rotatable bonds is 7. The monoisotopic (exact) mass is 478 g/mol. The van der Waals surface area contributed by atoms with Crippen LogP contribution < -0.4 is 26.2 Å². The molecule has 0 aromatic heterocycles. The Morgan fingerprint density at radius 1 is 0.853 bits per heavy atom. The molecule has 0 spiro atoms. The third-order valence-corrected chi connectivity index (χ3v) is 5.13. The Kier molecular flexibility index (Phi) is 8.53. The van der Waals surface area contributed by atoms with Crippen molar-refractivity contribution in [2.75, 3.05) is 11.9 Å². The molecule has 0 aliphatic carbocycles. The Hall–Kier alpha value is -3.98. The summed E-state index contributed by atoms with van der Waals surface area (Å²) in [7, 11) is 0. The van der Waals surface area contributed by atoms with Gasteiger partial charge in [0.2, 0.25) is 11.8 Å². The van der Waals surface area contributed by atoms with Crippen molar-refractivity contribution in [2.45, 2.75) is 26.7 Å². The number of amides is 3. The number of carbonyl (C=O) groups excluding carboxylic acids is 3. The van der Waals surface area contributed by atoms with E-state index in [0.717, 1.165) is 27.6 Å². The van der Waals surface area contributed by atoms with Gasteiger partial charge in [-0.05, 0) is 54.7 Å². The molecular weight excluding hydrogens is 452 g/mol. The number of aryl methyl sites for hydroxylation is 2. The van der Waals surface area contributed by atoms with Crippen molar-refractivity contribution < 1.29 is 19.1 Å². The maximum Gasteiger partial charge on any atom is 0.264 e. The molecule has 0 fully saturated rings. The van der Waals surface area contributed by atoms with E-state index in [4.69, 9.17) is 17.0 Å². The van der Waals surface area contributed by atoms with Gasteiger partial charge in [0, 0.05) is 23.9 Å². The number of ether oxygens (including phenoxy) is 1. The van der Waals surface area contributed by atoms with Gasteiger partial charge in [0.25, 0.3) is 5.91 Å². The number of benzene rings is 3. The average molecular weight is 479 g/mol. The van der Waals surface area contributed by atoms with Gasteiger partial charge < -0.3 is 10.1 Å². The van der Waals surface area contributed by atoms with Gasteiger partial charge in [0.15, 0.2) is 11.7 Å². The molecule has 0 heterocycles. The molecule has 0 atom stereocenters. The van der Waals surface area contributed by atoms with Crippen molar-refractivity contribution in [3.8, 4) is 5.75 Å². The molecule has 0 saturated carbocycles. The van der Waals surface area contributed by atoms with Crippen molar-refractivity contribution in [1.82, 2.24) is 16.2 Å². The van der Waals surface area contributed by atoms with Crippen LogP contribution in [0.1, 0.15) is 24.0 Å². The van der Waals surface area contributed by atoms with Gasteiger partial charge in [-0.1, -0.05) is 48.5 Å². The summed E-state index contributed by atoms with van der Waals surface area (Å²) >= 11 is 5.01. The first kappa shape index (κ1) is 24.7. The maximum atomic E-state index is 12.1. The summed E-state index contributed by atoms with van der Waals surface area (Å²) in [5.41, 5.74) is 7.49. The summed E-state index contributed by atoms with van der Waals surface area (Å²) in [6, 6.07) is 19.0. The van der Waals surface area contributed by atoms with Gasteiger partial charge >= 0.3 is 0 Å². The molecular formula is C25H26N4O4S. The highest BCUT2D eigenvalue weighted by Crippen LogP contribution is 2.24. The highest BCUT2D eigenvalue weighted by Gasteiger charge is 2.11. The van der Waals surface area contributed by atoms with Crippen molar-refractivity contribution in [3.63, 3.8) is 0 Å². The van der Waals surface area contributed by atoms with Crippen LogP contribution in [-0.4, -0.2) is 29.4 Å². The maximum absolute atomic E-state index is 12.1. The molecule has 4 N–H and O–H groups in total. The van der Waals surface area contributed by atoms with Crippen LogP contribution in [-0.2, 0) is 14.4 Å². The van der Waals surface area contributed by atoms with Crippen molar-refractivity contribution in [1.29, 1.82) is 0 Å². The van der Waals surface area contributed by atoms with E-state index in [1.165, 1.54) is 0 Å². The average Bonchev–Trinajstić information content (AvgIpc) is 2.82. The lowest BCUT2D eigenvalue weighted by Crippen LogP contribution is -2.49. The summed E-state index contributed by atoms with van der Waals surface area (Å²) in [6.45, 7) is 3.59. The Morgan fingerprint density at radius 3 is 2.41 bits per heavy atom. The second-order valence-electron chi connectivity index (χ2n) is 7.68. The van der Waals surface area contributed by atoms with Crippen LogP contribution in [0.15, 0.2) is 60.7 Å². The number of hydrazine groups is 1. The first-order valence-electron chi connectivity index (χ1n) is 10.7. The Balaban J connectivity index is 1.36. The second kappa shape index (κ2) is 11.8. The predicted octanol–water partition coefficient (Wildman–Crippen LogP) is 3.28. The molecule has 3 aromatic carbocycles. The number of nitrogens with one attached hydrogen (secondary N) is 4. The van der Waals surface area contributed by atoms with Crippen LogP contribution in [0.5, 0.6) is 5.75 Å². The lowest BCUT2D eigenvalue weighted by molar-refractivity contribution is -0.125. The quantitative estimate of drug-likeness (QED) is 0.307. The fraction of sp³-hybridized carbons (Fsp3) is 0.200. The number of fused-ring (bicyclic) bond motifs is 1. The predicted molar refractivity (Wildman–Crippen MR) is 135 cm³/mol. The molecule has 0 saturated heterocycles. The molecule has 9 heteroatoms. The van der Waals surface area contributed by atoms with Gasteiger partial charge in [-0.3, -0.25) is 30.6 Å². The van der Waals surface area contributed by atoms with E-state index in [0.29, 0.717) is 5.75 Å². The first-order valence-corrected chi connectivity index (χ1v) is 11.1. The smallest absolute Gasteiger partial charge is 0.264 e. The topological polar surface area (TPSA) is 109 Å². The number of hydrogen-bond acceptors (Lipinski definition) is 5. The Labute approximate surface area is 203 Å². The zero-order valence-corrected chi connectivity index (χ0v) is 19.8. The van der Waals surface area contributed by atoms with E-state index >= 15 is 0 Å². The lowest BCUT2D eigenvalue weighted by atomic mass is 10.1. The van der Waals surface area contributed by atoms with Crippen molar-refractivity contribution in [2.24, 2.45) is 0 Å². The summed E-state index contributed by atoms with van der Waals surface area (Å²) in [4.78, 5) is 36.2. The molecule has 0 bridgehead atoms. The van der Waals surface area contributed by atoms with Crippen molar-refractivity contribution in [3.05, 3.63) is 71.8 Å². The minimum absolute atomic E-state index is 0.00110. The normalized spacial score (nSPS) is 10.3. The molecule has 3 rings (SSSR count). The summed E-state index contributed by atoms with van der Waals surface area (Å²) in [5.74, 6) is -0.614. The standard InChI is InChI=1S/C25H26N4O4S/c1-16-10-11-17(2)20(14-16)26-22(30)12-13-23(31)28-29-25(34)27-24(32)15-33-21-9-5-7-18-6-3-4-8-19(18)21/h3-11,14H,12-13,15H2,1-2H3,(H,26,30)(H,28,31)(H2,27,29,32,34). The molecule has 3 amide bonds. The van der Waals surface area contributed by atoms with E-state index < -0.39 is 11.8 Å². The fourth-order valence-electron chi connectivity index (χ4n) is 3.16. The highest BCUT2D eigenvalue weighted by atomic mass is 32.1. The van der Waals surface area contributed by atoms with Crippen LogP contribution in [0.3, 0.4) is 0 Å². The Bertz CT molecular complexity index is 1220. The van der Waals surface area contributed by atoms with Crippen LogP contribution >= 0.6 is 12.2 Å². The first-order chi connectivity index (χ1) is 16.3. The zero-order chi connectivity index (χ0) is 24.5. The summed E-state index contributed by atoms with van der Waals surface area (Å²) in [5, 5.41) is 7.04. The number of hydrogen-bond donors (Lipinski definition) is 4. The largest absolute Gasteiger partial charge is 0.483 e. The SMILES string of the molecule is Cc1ccc(C)c(NC(=O)CCC(=O)NNC(=S)NC(=O)COc2cccc3ccccc23)c1. The summed E-state index contributed by atoms with van der Waals surface area (Å²) in [6.07, 6.45) is -0.0522. The van der Waals surface area contributed by atoms with E-state index in [9.17, 15) is 14.4 Å². The van der Waals surface area contributed by atoms with E-state index in [2.05, 4.69) is 21.5 Å². The molecule has 0 unspecified atom stereocenters. The third kappa shape index (κ3) is 7.28. The van der Waals surface area contributed by atoms with Crippen molar-refractivity contribution >= 4 is 51.5 Å². The van der Waals surface area contributed by atoms with Gasteiger partial charge in [-0.2, -0.15) is 0 Å². The molecule has 34 heavy (non-hydrogen) atoms. The fourth-order valence-corrected chi connectivity index (χ4v) is 3.32. The number of carbonyl (C=O) groups is 3. The third-order valence-electron chi connectivity index (χ3n) is 4.92. The van der Waals surface area contributed by atoms with Crippen LogP contribution in [0.4, 0.5) is 5.69 Å². The van der Waals surface area contributed by atoms with Gasteiger partial charge in [-0.15, -0.1) is 0 Å². The second-order valence-corrected chi connectivity index (χ2v) is 8.09. The Morgan fingerprint density at radius 2 is 1.59 bits per heavy atom. The minimum atomic E-state index is -0.479. The molecule has 3 aromatic rings. The number of thiocarbonyl (C=S) groups is 1. The van der Waals surface area contributed by atoms with Crippen LogP contribution in [0.25, 0.3) is 10.8 Å². The lowest BCUT2D eigenvalue weighted by Gasteiger charge is -2.12. The van der Waals surface area contributed by atoms with Crippen LogP contribution in [0, 0.1) is 13.8 Å². The minimum Gasteiger partial charge on any atom is -0.483 e. The van der Waals surface area contributed by atoms with Gasteiger partial charge in [0.05, 0.1) is 0 Å². The van der Waals surface area contributed by atoms with Gasteiger partial charge in [-0.25, -0.2) is 0 Å². The van der Waals surface area contributed by atoms with E-state index in [-0.39, 0.29) is 30.5 Å². The van der Waals surface area contributed by atoms with E-state index in [1.54, 1.807) is 6.07 Å². The van der Waals surface area contributed by atoms with E-state index in [1.807, 2.05) is 68.4 Å². The highest BCUT2D eigenvalue weighted by molar-refractivity contribution is 7.80.